The fourth-order valence-electron chi connectivity index (χ4n) is 9.57. The van der Waals surface area contributed by atoms with Crippen molar-refractivity contribution in [2.24, 2.45) is 0 Å². The van der Waals surface area contributed by atoms with Crippen LogP contribution in [-0.2, 0) is 0 Å². The van der Waals surface area contributed by atoms with Gasteiger partial charge in [0.2, 0.25) is 0 Å². The maximum absolute atomic E-state index is 10.4. The van der Waals surface area contributed by atoms with E-state index >= 15 is 0 Å². The number of nitrogens with zero attached hydrogens (tertiary/aromatic N) is 3. The molecule has 0 fully saturated rings. The lowest BCUT2D eigenvalue weighted by Crippen LogP contribution is -1.98. The molecule has 0 aliphatic carbocycles. The number of nitriles is 1. The van der Waals surface area contributed by atoms with Gasteiger partial charge in [0.05, 0.1) is 39.4 Å². The second-order valence-electron chi connectivity index (χ2n) is 14.8. The normalized spacial score (nSPS) is 11.9. The van der Waals surface area contributed by atoms with E-state index in [1.54, 1.807) is 0 Å². The van der Waals surface area contributed by atoms with E-state index in [1.807, 2.05) is 0 Å². The molecule has 3 heteroatoms. The van der Waals surface area contributed by atoms with Gasteiger partial charge in [-0.1, -0.05) is 133 Å². The van der Waals surface area contributed by atoms with Crippen molar-refractivity contribution < 1.29 is 0 Å². The largest absolute Gasteiger partial charge is 0.309 e. The lowest BCUT2D eigenvalue weighted by atomic mass is 9.86. The van der Waals surface area contributed by atoms with Crippen LogP contribution in [0.5, 0.6) is 0 Å². The first-order valence-corrected chi connectivity index (χ1v) is 19.1. The second kappa shape index (κ2) is 11.7. The van der Waals surface area contributed by atoms with Gasteiger partial charge in [0.1, 0.15) is 0 Å². The molecule has 0 unspecified atom stereocenters. The molecular weight excluding hydrogens is 679 g/mol. The number of aromatic nitrogens is 2. The van der Waals surface area contributed by atoms with Gasteiger partial charge < -0.3 is 9.13 Å². The number of hydrogen-bond acceptors (Lipinski definition) is 1. The van der Waals surface area contributed by atoms with Crippen LogP contribution in [0.1, 0.15) is 5.56 Å². The van der Waals surface area contributed by atoms with Gasteiger partial charge in [-0.05, 0) is 103 Å². The standard InChI is InChI=1S/C53H31N3/c54-32-33-28-46-38-19-5-4-16-35(38)37-18-7-9-23-43(37)53(46)47(29-33)39-26-27-50(40-20-8-6-17-36(39)40)56-49-25-13-11-22-42(49)45-30-44-41-21-10-12-24-48(41)55(51(44)31-52(45)56)34-14-2-1-3-15-34/h1-31H. The molecule has 10 aromatic carbocycles. The summed E-state index contributed by atoms with van der Waals surface area (Å²) in [7, 11) is 0. The van der Waals surface area contributed by atoms with Crippen LogP contribution in [0.4, 0.5) is 0 Å². The van der Waals surface area contributed by atoms with Gasteiger partial charge in [0.15, 0.2) is 0 Å². The number of fused-ring (bicyclic) bond motifs is 13. The number of para-hydroxylation sites is 3. The minimum atomic E-state index is 0.654. The van der Waals surface area contributed by atoms with Crippen LogP contribution >= 0.6 is 0 Å². The summed E-state index contributed by atoms with van der Waals surface area (Å²) in [6.07, 6.45) is 0. The van der Waals surface area contributed by atoms with Crippen molar-refractivity contribution in [2.75, 3.05) is 0 Å². The molecule has 56 heavy (non-hydrogen) atoms. The monoisotopic (exact) mass is 709 g/mol. The fourth-order valence-corrected chi connectivity index (χ4v) is 9.57. The molecule has 0 aliphatic rings. The molecule has 258 valence electrons. The lowest BCUT2D eigenvalue weighted by molar-refractivity contribution is 1.17. The molecule has 2 aromatic heterocycles. The summed E-state index contributed by atoms with van der Waals surface area (Å²) in [6.45, 7) is 0. The molecule has 12 aromatic rings. The first-order valence-electron chi connectivity index (χ1n) is 19.1. The van der Waals surface area contributed by atoms with Gasteiger partial charge in [-0.15, -0.1) is 0 Å². The third kappa shape index (κ3) is 4.21. The summed E-state index contributed by atoms with van der Waals surface area (Å²) in [5.41, 5.74) is 9.79. The lowest BCUT2D eigenvalue weighted by Gasteiger charge is -2.18. The fraction of sp³-hybridized carbons (Fsp3) is 0. The van der Waals surface area contributed by atoms with Gasteiger partial charge in [-0.3, -0.25) is 0 Å². The van der Waals surface area contributed by atoms with Crippen molar-refractivity contribution in [3.05, 3.63) is 194 Å². The Morgan fingerprint density at radius 1 is 0.321 bits per heavy atom. The highest BCUT2D eigenvalue weighted by atomic mass is 15.0. The van der Waals surface area contributed by atoms with Crippen molar-refractivity contribution in [1.82, 2.24) is 9.13 Å². The summed E-state index contributed by atoms with van der Waals surface area (Å²) >= 11 is 0. The summed E-state index contributed by atoms with van der Waals surface area (Å²) in [5, 5.41) is 24.6. The van der Waals surface area contributed by atoms with E-state index in [4.69, 9.17) is 0 Å². The van der Waals surface area contributed by atoms with Gasteiger partial charge in [0.25, 0.3) is 0 Å². The van der Waals surface area contributed by atoms with Gasteiger partial charge in [-0.25, -0.2) is 0 Å². The van der Waals surface area contributed by atoms with E-state index in [2.05, 4.69) is 203 Å². The zero-order chi connectivity index (χ0) is 36.9. The molecule has 0 aliphatic heterocycles. The maximum atomic E-state index is 10.4. The Morgan fingerprint density at radius 3 is 1.52 bits per heavy atom. The molecule has 0 atom stereocenters. The van der Waals surface area contributed by atoms with Crippen LogP contribution in [0.3, 0.4) is 0 Å². The van der Waals surface area contributed by atoms with E-state index in [0.29, 0.717) is 5.56 Å². The highest BCUT2D eigenvalue weighted by molar-refractivity contribution is 6.29. The topological polar surface area (TPSA) is 33.6 Å². The minimum absolute atomic E-state index is 0.654. The first-order chi connectivity index (χ1) is 27.8. The average molecular weight is 710 g/mol. The molecule has 0 saturated carbocycles. The Bertz CT molecular complexity index is 3650. The van der Waals surface area contributed by atoms with Crippen LogP contribution in [0, 0.1) is 11.3 Å². The summed E-state index contributed by atoms with van der Waals surface area (Å²) < 4.78 is 4.85. The second-order valence-corrected chi connectivity index (χ2v) is 14.8. The first kappa shape index (κ1) is 30.8. The van der Waals surface area contributed by atoms with Crippen LogP contribution in [0.15, 0.2) is 188 Å². The molecule has 0 spiro atoms. The zero-order valence-corrected chi connectivity index (χ0v) is 30.2. The number of benzene rings is 10. The zero-order valence-electron chi connectivity index (χ0n) is 30.2. The van der Waals surface area contributed by atoms with Gasteiger partial charge >= 0.3 is 0 Å². The molecule has 2 heterocycles. The van der Waals surface area contributed by atoms with Crippen molar-refractivity contribution >= 4 is 86.7 Å². The van der Waals surface area contributed by atoms with Gasteiger partial charge in [-0.2, -0.15) is 5.26 Å². The highest BCUT2D eigenvalue weighted by Crippen LogP contribution is 2.45. The maximum Gasteiger partial charge on any atom is 0.0992 e. The Kier molecular flexibility index (Phi) is 6.41. The predicted molar refractivity (Wildman–Crippen MR) is 235 cm³/mol. The van der Waals surface area contributed by atoms with Gasteiger partial charge in [0, 0.05) is 32.6 Å². The molecule has 0 amide bonds. The SMILES string of the molecule is N#Cc1cc(-c2ccc(-n3c4ccccc4c4cc5c6ccccc6n(-c6ccccc6)c5cc43)c3ccccc23)c2c3ccccc3c3ccccc3c2c1. The van der Waals surface area contributed by atoms with E-state index in [-0.39, 0.29) is 0 Å². The summed E-state index contributed by atoms with van der Waals surface area (Å²) in [5.74, 6) is 0. The van der Waals surface area contributed by atoms with E-state index in [0.717, 1.165) is 55.1 Å². The Labute approximate surface area is 322 Å². The van der Waals surface area contributed by atoms with Crippen molar-refractivity contribution in [3.8, 4) is 28.6 Å². The highest BCUT2D eigenvalue weighted by Gasteiger charge is 2.21. The Balaban J connectivity index is 1.19. The Morgan fingerprint density at radius 2 is 0.839 bits per heavy atom. The number of rotatable bonds is 3. The van der Waals surface area contributed by atoms with Crippen LogP contribution < -0.4 is 0 Å². The molecule has 12 rings (SSSR count). The third-order valence-electron chi connectivity index (χ3n) is 11.9. The van der Waals surface area contributed by atoms with Crippen LogP contribution in [0.2, 0.25) is 0 Å². The predicted octanol–water partition coefficient (Wildman–Crippen LogP) is 14.0. The molecular formula is C53H31N3. The molecule has 0 N–H and O–H groups in total. The van der Waals surface area contributed by atoms with E-state index in [1.165, 1.54) is 54.1 Å². The van der Waals surface area contributed by atoms with Crippen LogP contribution in [0.25, 0.3) is 109 Å². The molecule has 0 saturated heterocycles. The quantitative estimate of drug-likeness (QED) is 0.168. The number of hydrogen-bond donors (Lipinski definition) is 0. The van der Waals surface area contributed by atoms with Crippen molar-refractivity contribution in [1.29, 1.82) is 5.26 Å². The van der Waals surface area contributed by atoms with Crippen molar-refractivity contribution in [3.63, 3.8) is 0 Å². The summed E-state index contributed by atoms with van der Waals surface area (Å²) in [6, 6.07) is 70.2. The molecule has 0 radical (unpaired) electrons. The molecule has 3 nitrogen and oxygen atoms in total. The smallest absolute Gasteiger partial charge is 0.0992 e. The van der Waals surface area contributed by atoms with E-state index < -0.39 is 0 Å². The Hall–Kier alpha value is -7.67. The van der Waals surface area contributed by atoms with E-state index in [9.17, 15) is 5.26 Å². The average Bonchev–Trinajstić information content (AvgIpc) is 3.77. The third-order valence-corrected chi connectivity index (χ3v) is 11.9. The van der Waals surface area contributed by atoms with Crippen LogP contribution in [-0.4, -0.2) is 9.13 Å². The molecule has 0 bridgehead atoms. The summed E-state index contributed by atoms with van der Waals surface area (Å²) in [4.78, 5) is 0. The minimum Gasteiger partial charge on any atom is -0.309 e. The van der Waals surface area contributed by atoms with Crippen molar-refractivity contribution in [2.45, 2.75) is 0 Å².